The van der Waals surface area contributed by atoms with Crippen molar-refractivity contribution in [3.05, 3.63) is 95.1 Å². The van der Waals surface area contributed by atoms with E-state index in [1.54, 1.807) is 0 Å². The van der Waals surface area contributed by atoms with Crippen molar-refractivity contribution in [2.75, 3.05) is 18.5 Å². The fraction of sp³-hybridized carbons (Fsp3) is 0.308. The largest absolute Gasteiger partial charge is 0.377 e. The van der Waals surface area contributed by atoms with E-state index in [0.29, 0.717) is 24.4 Å². The minimum Gasteiger partial charge on any atom is -0.377 e. The number of fused-ring (bicyclic) bond motifs is 5. The molecule has 1 aliphatic carbocycles. The lowest BCUT2D eigenvalue weighted by Crippen LogP contribution is -2.33. The number of hydrogen-bond acceptors (Lipinski definition) is 4. The Bertz CT molecular complexity index is 1120. The third-order valence-electron chi connectivity index (χ3n) is 6.46. The van der Waals surface area contributed by atoms with Gasteiger partial charge in [-0.3, -0.25) is 4.57 Å². The number of benzene rings is 3. The maximum absolute atomic E-state index is 13.8. The molecule has 0 saturated heterocycles. The van der Waals surface area contributed by atoms with E-state index in [9.17, 15) is 4.57 Å². The fourth-order valence-electron chi connectivity index (χ4n) is 5.31. The van der Waals surface area contributed by atoms with Crippen molar-refractivity contribution < 1.29 is 13.6 Å². The lowest BCUT2D eigenvalue weighted by atomic mass is 9.75. The molecular weight excluding hydrogens is 405 g/mol. The minimum absolute atomic E-state index is 0.115. The van der Waals surface area contributed by atoms with E-state index in [1.807, 2.05) is 32.0 Å². The standard InChI is InChI=1S/C26H28NO3P/c1-3-29-31(28,30-4-2)23-16-10-15-21-24-20-14-9-8-13-19(20)17-22(24)25(27-26(21)23)18-11-6-5-7-12-18/h5-16,22,24-25,27H,3-4,17H2,1-2H3/t22-,24-,25-/m1/s1. The molecule has 0 unspecified atom stereocenters. The van der Waals surface area contributed by atoms with Crippen molar-refractivity contribution in [1.29, 1.82) is 0 Å². The monoisotopic (exact) mass is 433 g/mol. The van der Waals surface area contributed by atoms with E-state index in [4.69, 9.17) is 9.05 Å². The molecule has 0 saturated carbocycles. The van der Waals surface area contributed by atoms with Gasteiger partial charge in [-0.15, -0.1) is 0 Å². The molecule has 3 atom stereocenters. The van der Waals surface area contributed by atoms with E-state index < -0.39 is 7.60 Å². The Hall–Kier alpha value is -2.39. The van der Waals surface area contributed by atoms with Crippen LogP contribution >= 0.6 is 7.60 Å². The first-order chi connectivity index (χ1) is 15.2. The van der Waals surface area contributed by atoms with Crippen LogP contribution in [0.1, 0.15) is 48.1 Å². The molecule has 4 nitrogen and oxygen atoms in total. The van der Waals surface area contributed by atoms with Crippen LogP contribution in [0, 0.1) is 5.92 Å². The van der Waals surface area contributed by atoms with E-state index in [0.717, 1.165) is 12.1 Å². The van der Waals surface area contributed by atoms with Crippen molar-refractivity contribution in [2.45, 2.75) is 32.2 Å². The number of anilines is 1. The van der Waals surface area contributed by atoms with Gasteiger partial charge in [0.05, 0.1) is 30.2 Å². The maximum Gasteiger partial charge on any atom is 0.363 e. The molecular formula is C26H28NO3P. The van der Waals surface area contributed by atoms with Crippen molar-refractivity contribution in [1.82, 2.24) is 0 Å². The Labute approximate surface area is 184 Å². The van der Waals surface area contributed by atoms with E-state index in [2.05, 4.69) is 59.9 Å². The maximum atomic E-state index is 13.8. The quantitative estimate of drug-likeness (QED) is 0.481. The van der Waals surface area contributed by atoms with Gasteiger partial charge in [0.15, 0.2) is 0 Å². The predicted molar refractivity (Wildman–Crippen MR) is 125 cm³/mol. The molecule has 0 spiro atoms. The van der Waals surface area contributed by atoms with E-state index in [1.165, 1.54) is 22.3 Å². The second kappa shape index (κ2) is 8.27. The smallest absolute Gasteiger partial charge is 0.363 e. The van der Waals surface area contributed by atoms with Gasteiger partial charge in [-0.25, -0.2) is 0 Å². The molecule has 0 amide bonds. The molecule has 5 rings (SSSR count). The van der Waals surface area contributed by atoms with Gasteiger partial charge in [-0.2, -0.15) is 0 Å². The van der Waals surface area contributed by atoms with Gasteiger partial charge in [0.2, 0.25) is 0 Å². The topological polar surface area (TPSA) is 47.6 Å². The molecule has 5 heteroatoms. The highest BCUT2D eigenvalue weighted by molar-refractivity contribution is 7.62. The van der Waals surface area contributed by atoms with Crippen LogP contribution in [-0.2, 0) is 20.0 Å². The second-order valence-corrected chi connectivity index (χ2v) is 10.1. The summed E-state index contributed by atoms with van der Waals surface area (Å²) in [7, 11) is -3.43. The highest BCUT2D eigenvalue weighted by Crippen LogP contribution is 2.57. The van der Waals surface area contributed by atoms with E-state index in [-0.39, 0.29) is 12.0 Å². The molecule has 1 N–H and O–H groups in total. The van der Waals surface area contributed by atoms with Crippen LogP contribution in [0.25, 0.3) is 0 Å². The van der Waals surface area contributed by atoms with Gasteiger partial charge in [0, 0.05) is 5.92 Å². The Morgan fingerprint density at radius 3 is 2.29 bits per heavy atom. The Morgan fingerprint density at radius 2 is 1.55 bits per heavy atom. The van der Waals surface area contributed by atoms with Gasteiger partial charge < -0.3 is 14.4 Å². The van der Waals surface area contributed by atoms with Crippen LogP contribution in [0.5, 0.6) is 0 Å². The molecule has 2 aliphatic rings. The Morgan fingerprint density at radius 1 is 0.871 bits per heavy atom. The highest BCUT2D eigenvalue weighted by atomic mass is 31.2. The Kier molecular flexibility index (Phi) is 5.47. The molecule has 0 aromatic heterocycles. The second-order valence-electron chi connectivity index (χ2n) is 8.15. The molecule has 0 radical (unpaired) electrons. The molecule has 0 bridgehead atoms. The van der Waals surface area contributed by atoms with Crippen LogP contribution < -0.4 is 10.6 Å². The van der Waals surface area contributed by atoms with Crippen LogP contribution in [0.4, 0.5) is 5.69 Å². The summed E-state index contributed by atoms with van der Waals surface area (Å²) in [6.45, 7) is 4.37. The van der Waals surface area contributed by atoms with Crippen LogP contribution in [0.2, 0.25) is 0 Å². The van der Waals surface area contributed by atoms with Gasteiger partial charge in [-0.1, -0.05) is 66.7 Å². The molecule has 1 aliphatic heterocycles. The SMILES string of the molecule is CCOP(=O)(OCC)c1cccc2c1N[C@H](c1ccccc1)[C@@H]1Cc3ccccc3[C@H]21. The summed E-state index contributed by atoms with van der Waals surface area (Å²) in [5.41, 5.74) is 6.10. The average molecular weight is 433 g/mol. The first kappa shape index (κ1) is 20.5. The van der Waals surface area contributed by atoms with Crippen LogP contribution in [0.3, 0.4) is 0 Å². The first-order valence-electron chi connectivity index (χ1n) is 11.1. The summed E-state index contributed by atoms with van der Waals surface area (Å²) in [5.74, 6) is 0.635. The lowest BCUT2D eigenvalue weighted by Gasteiger charge is -2.39. The van der Waals surface area contributed by atoms with Crippen LogP contribution in [-0.4, -0.2) is 13.2 Å². The highest BCUT2D eigenvalue weighted by Gasteiger charge is 2.45. The number of nitrogens with one attached hydrogen (secondary N) is 1. The third-order valence-corrected chi connectivity index (χ3v) is 8.62. The van der Waals surface area contributed by atoms with Crippen molar-refractivity contribution in [3.8, 4) is 0 Å². The minimum atomic E-state index is -3.43. The van der Waals surface area contributed by atoms with Crippen molar-refractivity contribution in [3.63, 3.8) is 0 Å². The molecule has 3 aromatic rings. The van der Waals surface area contributed by atoms with Gasteiger partial charge >= 0.3 is 7.60 Å². The van der Waals surface area contributed by atoms with Crippen LogP contribution in [0.15, 0.2) is 72.8 Å². The summed E-state index contributed by atoms with van der Waals surface area (Å²) < 4.78 is 25.3. The predicted octanol–water partition coefficient (Wildman–Crippen LogP) is 6.05. The normalized spacial score (nSPS) is 21.7. The van der Waals surface area contributed by atoms with E-state index >= 15 is 0 Å². The van der Waals surface area contributed by atoms with Gasteiger partial charge in [0.1, 0.15) is 0 Å². The summed E-state index contributed by atoms with van der Waals surface area (Å²) in [5, 5.41) is 4.41. The summed E-state index contributed by atoms with van der Waals surface area (Å²) >= 11 is 0. The number of para-hydroxylation sites is 1. The third kappa shape index (κ3) is 3.43. The zero-order valence-electron chi connectivity index (χ0n) is 18.0. The first-order valence-corrected chi connectivity index (χ1v) is 12.6. The molecule has 1 heterocycles. The van der Waals surface area contributed by atoms with Gasteiger partial charge in [0.25, 0.3) is 0 Å². The summed E-state index contributed by atoms with van der Waals surface area (Å²) in [6.07, 6.45) is 1.02. The molecule has 160 valence electrons. The number of rotatable bonds is 6. The Balaban J connectivity index is 1.71. The summed E-state index contributed by atoms with van der Waals surface area (Å²) in [4.78, 5) is 0. The zero-order valence-corrected chi connectivity index (χ0v) is 18.8. The summed E-state index contributed by atoms with van der Waals surface area (Å²) in [6, 6.07) is 25.4. The molecule has 31 heavy (non-hydrogen) atoms. The molecule has 3 aromatic carbocycles. The zero-order chi connectivity index (χ0) is 21.4. The van der Waals surface area contributed by atoms with Crippen molar-refractivity contribution in [2.24, 2.45) is 5.92 Å². The van der Waals surface area contributed by atoms with Gasteiger partial charge in [-0.05, 0) is 54.5 Å². The lowest BCUT2D eigenvalue weighted by molar-refractivity contribution is 0.230. The average Bonchev–Trinajstić information content (AvgIpc) is 3.19. The molecule has 0 fully saturated rings. The fourth-order valence-corrected chi connectivity index (χ4v) is 7.07. The van der Waals surface area contributed by atoms with Crippen molar-refractivity contribution >= 4 is 18.6 Å². The number of hydrogen-bond donors (Lipinski definition) is 1.